The first-order valence-electron chi connectivity index (χ1n) is 6.38. The van der Waals surface area contributed by atoms with E-state index in [-0.39, 0.29) is 6.03 Å². The maximum Gasteiger partial charge on any atom is 0.321 e. The number of hydrogen-bond donors (Lipinski definition) is 2. The van der Waals surface area contributed by atoms with Crippen molar-refractivity contribution in [1.29, 1.82) is 0 Å². The topological polar surface area (TPSA) is 76.4 Å². The summed E-state index contributed by atoms with van der Waals surface area (Å²) in [6.07, 6.45) is 2.44. The van der Waals surface area contributed by atoms with Crippen LogP contribution in [0.1, 0.15) is 13.3 Å². The average molecular weight is 275 g/mol. The second-order valence-corrected chi connectivity index (χ2v) is 4.18. The molecule has 0 aliphatic heterocycles. The fourth-order valence-electron chi connectivity index (χ4n) is 1.69. The fraction of sp³-hybridized carbons (Fsp3) is 0.286. The number of aromatic nitrogens is 1. The van der Waals surface area contributed by atoms with Gasteiger partial charge in [-0.15, -0.1) is 0 Å². The Morgan fingerprint density at radius 1 is 1.35 bits per heavy atom. The van der Waals surface area contributed by atoms with E-state index in [1.807, 2.05) is 31.2 Å². The van der Waals surface area contributed by atoms with Gasteiger partial charge in [0.25, 0.3) is 0 Å². The zero-order valence-electron chi connectivity index (χ0n) is 11.5. The molecule has 0 fully saturated rings. The zero-order chi connectivity index (χ0) is 14.4. The molecule has 6 nitrogen and oxygen atoms in total. The van der Waals surface area contributed by atoms with E-state index < -0.39 is 0 Å². The van der Waals surface area contributed by atoms with E-state index in [1.165, 1.54) is 0 Å². The number of rotatable bonds is 5. The zero-order valence-corrected chi connectivity index (χ0v) is 11.5. The van der Waals surface area contributed by atoms with Crippen molar-refractivity contribution in [2.24, 2.45) is 0 Å². The van der Waals surface area contributed by atoms with Crippen molar-refractivity contribution < 1.29 is 14.1 Å². The molecule has 0 saturated heterocycles. The standard InChI is InChI=1S/C14H17N3O3/c1-3-8-15-14(18)17-13-12(9-16-20-13)10-4-6-11(19-2)7-5-10/h4-7,9H,3,8H2,1-2H3,(H2,15,17,18). The maximum atomic E-state index is 11.6. The van der Waals surface area contributed by atoms with E-state index in [0.717, 1.165) is 23.3 Å². The second-order valence-electron chi connectivity index (χ2n) is 4.18. The van der Waals surface area contributed by atoms with Crippen molar-refractivity contribution in [3.8, 4) is 16.9 Å². The van der Waals surface area contributed by atoms with Gasteiger partial charge in [-0.2, -0.15) is 0 Å². The molecule has 2 N–H and O–H groups in total. The number of hydrogen-bond acceptors (Lipinski definition) is 4. The lowest BCUT2D eigenvalue weighted by Gasteiger charge is -2.06. The van der Waals surface area contributed by atoms with Gasteiger partial charge in [-0.05, 0) is 24.1 Å². The molecule has 106 valence electrons. The first-order valence-corrected chi connectivity index (χ1v) is 6.38. The van der Waals surface area contributed by atoms with Gasteiger partial charge in [0.15, 0.2) is 0 Å². The normalized spacial score (nSPS) is 10.1. The van der Waals surface area contributed by atoms with Gasteiger partial charge in [0.2, 0.25) is 5.88 Å². The minimum atomic E-state index is -0.307. The third-order valence-corrected chi connectivity index (χ3v) is 2.73. The van der Waals surface area contributed by atoms with Crippen LogP contribution in [0.3, 0.4) is 0 Å². The summed E-state index contributed by atoms with van der Waals surface area (Å²) in [6, 6.07) is 7.12. The van der Waals surface area contributed by atoms with Crippen molar-refractivity contribution in [2.75, 3.05) is 19.0 Å². The van der Waals surface area contributed by atoms with Gasteiger partial charge in [0.1, 0.15) is 5.75 Å². The Kier molecular flexibility index (Phi) is 4.60. The number of carbonyl (C=O) groups excluding carboxylic acids is 1. The summed E-state index contributed by atoms with van der Waals surface area (Å²) in [5, 5.41) is 9.08. The molecule has 0 spiro atoms. The molecule has 0 bridgehead atoms. The number of benzene rings is 1. The van der Waals surface area contributed by atoms with Crippen LogP contribution in [0.2, 0.25) is 0 Å². The molecule has 2 rings (SSSR count). The Bertz CT molecular complexity index is 563. The number of nitrogens with zero attached hydrogens (tertiary/aromatic N) is 1. The smallest absolute Gasteiger partial charge is 0.321 e. The molecule has 20 heavy (non-hydrogen) atoms. The van der Waals surface area contributed by atoms with E-state index in [4.69, 9.17) is 9.26 Å². The Balaban J connectivity index is 2.13. The summed E-state index contributed by atoms with van der Waals surface area (Å²) in [7, 11) is 1.61. The molecule has 1 aromatic heterocycles. The molecule has 1 heterocycles. The van der Waals surface area contributed by atoms with Crippen LogP contribution < -0.4 is 15.4 Å². The lowest BCUT2D eigenvalue weighted by atomic mass is 10.1. The lowest BCUT2D eigenvalue weighted by Crippen LogP contribution is -2.29. The Morgan fingerprint density at radius 3 is 2.75 bits per heavy atom. The molecule has 0 aliphatic carbocycles. The van der Waals surface area contributed by atoms with Gasteiger partial charge in [-0.1, -0.05) is 24.2 Å². The van der Waals surface area contributed by atoms with E-state index in [2.05, 4.69) is 15.8 Å². The highest BCUT2D eigenvalue weighted by Gasteiger charge is 2.13. The summed E-state index contributed by atoms with van der Waals surface area (Å²) in [4.78, 5) is 11.6. The first kappa shape index (κ1) is 13.9. The molecule has 2 aromatic rings. The number of carbonyl (C=O) groups is 1. The number of amides is 2. The Labute approximate surface area is 117 Å². The molecule has 0 aliphatic rings. The van der Waals surface area contributed by atoms with Gasteiger partial charge < -0.3 is 14.6 Å². The average Bonchev–Trinajstić information content (AvgIpc) is 2.93. The molecule has 6 heteroatoms. The lowest BCUT2D eigenvalue weighted by molar-refractivity contribution is 0.251. The number of nitrogens with one attached hydrogen (secondary N) is 2. The van der Waals surface area contributed by atoms with E-state index >= 15 is 0 Å². The monoisotopic (exact) mass is 275 g/mol. The van der Waals surface area contributed by atoms with Gasteiger partial charge in [-0.3, -0.25) is 5.32 Å². The first-order chi connectivity index (χ1) is 9.74. The van der Waals surface area contributed by atoms with Crippen LogP contribution in [-0.4, -0.2) is 24.8 Å². The highest BCUT2D eigenvalue weighted by atomic mass is 16.5. The van der Waals surface area contributed by atoms with E-state index in [1.54, 1.807) is 13.3 Å². The molecule has 0 unspecified atom stereocenters. The fourth-order valence-corrected chi connectivity index (χ4v) is 1.69. The van der Waals surface area contributed by atoms with Crippen molar-refractivity contribution in [2.45, 2.75) is 13.3 Å². The minimum Gasteiger partial charge on any atom is -0.497 e. The quantitative estimate of drug-likeness (QED) is 0.879. The predicted octanol–water partition coefficient (Wildman–Crippen LogP) is 2.88. The number of methoxy groups -OCH3 is 1. The summed E-state index contributed by atoms with van der Waals surface area (Å²) < 4.78 is 10.2. The molecule has 0 radical (unpaired) electrons. The molecular formula is C14H17N3O3. The second kappa shape index (κ2) is 6.60. The van der Waals surface area contributed by atoms with Gasteiger partial charge >= 0.3 is 6.03 Å². The van der Waals surface area contributed by atoms with Crippen molar-refractivity contribution in [3.63, 3.8) is 0 Å². The highest BCUT2D eigenvalue weighted by Crippen LogP contribution is 2.29. The van der Waals surface area contributed by atoms with Crippen LogP contribution in [0.4, 0.5) is 10.7 Å². The molecular weight excluding hydrogens is 258 g/mol. The van der Waals surface area contributed by atoms with Crippen molar-refractivity contribution >= 4 is 11.9 Å². The van der Waals surface area contributed by atoms with E-state index in [9.17, 15) is 4.79 Å². The van der Waals surface area contributed by atoms with Gasteiger partial charge in [-0.25, -0.2) is 4.79 Å². The van der Waals surface area contributed by atoms with Gasteiger partial charge in [0.05, 0.1) is 18.9 Å². The number of urea groups is 1. The number of ether oxygens (including phenoxy) is 1. The number of anilines is 1. The summed E-state index contributed by atoms with van der Waals surface area (Å²) >= 11 is 0. The predicted molar refractivity (Wildman–Crippen MR) is 75.8 cm³/mol. The maximum absolute atomic E-state index is 11.6. The van der Waals surface area contributed by atoms with Crippen LogP contribution in [-0.2, 0) is 0 Å². The van der Waals surface area contributed by atoms with Crippen LogP contribution >= 0.6 is 0 Å². The largest absolute Gasteiger partial charge is 0.497 e. The third-order valence-electron chi connectivity index (χ3n) is 2.73. The minimum absolute atomic E-state index is 0.307. The van der Waals surface area contributed by atoms with Crippen molar-refractivity contribution in [3.05, 3.63) is 30.5 Å². The van der Waals surface area contributed by atoms with Crippen LogP contribution in [0, 0.1) is 0 Å². The molecule has 0 saturated carbocycles. The molecule has 0 atom stereocenters. The summed E-state index contributed by atoms with van der Waals surface area (Å²) in [5.74, 6) is 1.09. The molecule has 2 amide bonds. The summed E-state index contributed by atoms with van der Waals surface area (Å²) in [6.45, 7) is 2.59. The van der Waals surface area contributed by atoms with E-state index in [0.29, 0.717) is 12.4 Å². The summed E-state index contributed by atoms with van der Waals surface area (Å²) in [5.41, 5.74) is 1.61. The van der Waals surface area contributed by atoms with Crippen LogP contribution in [0.15, 0.2) is 35.0 Å². The molecule has 1 aromatic carbocycles. The Morgan fingerprint density at radius 2 is 2.10 bits per heavy atom. The SMILES string of the molecule is CCCNC(=O)Nc1oncc1-c1ccc(OC)cc1. The van der Waals surface area contributed by atoms with Crippen LogP contribution in [0.5, 0.6) is 5.75 Å². The van der Waals surface area contributed by atoms with Crippen molar-refractivity contribution in [1.82, 2.24) is 10.5 Å². The third kappa shape index (κ3) is 3.28. The van der Waals surface area contributed by atoms with Gasteiger partial charge in [0, 0.05) is 6.54 Å². The highest BCUT2D eigenvalue weighted by molar-refractivity contribution is 5.92. The van der Waals surface area contributed by atoms with Crippen LogP contribution in [0.25, 0.3) is 11.1 Å². The Hall–Kier alpha value is -2.50.